The van der Waals surface area contributed by atoms with Gasteiger partial charge in [0.1, 0.15) is 5.69 Å². The van der Waals surface area contributed by atoms with Crippen LogP contribution in [-0.4, -0.2) is 10.9 Å². The van der Waals surface area contributed by atoms with E-state index in [1.165, 1.54) is 11.3 Å². The van der Waals surface area contributed by atoms with Crippen LogP contribution in [0.1, 0.15) is 16.1 Å². The van der Waals surface area contributed by atoms with Gasteiger partial charge in [0.05, 0.1) is 16.2 Å². The summed E-state index contributed by atoms with van der Waals surface area (Å²) in [5.74, 6) is -0.238. The predicted molar refractivity (Wildman–Crippen MR) is 66.3 cm³/mol. The topological polar surface area (TPSA) is 42.0 Å². The van der Waals surface area contributed by atoms with Gasteiger partial charge in [-0.05, 0) is 18.6 Å². The highest BCUT2D eigenvalue weighted by Crippen LogP contribution is 2.25. The lowest BCUT2D eigenvalue weighted by Crippen LogP contribution is -2.13. The molecule has 0 aliphatic heterocycles. The molecule has 1 N–H and O–H groups in total. The van der Waals surface area contributed by atoms with E-state index < -0.39 is 0 Å². The molecule has 0 unspecified atom stereocenters. The van der Waals surface area contributed by atoms with Crippen molar-refractivity contribution in [2.45, 2.75) is 6.92 Å². The molecular weight excluding hydrogens is 244 g/mol. The fourth-order valence-electron chi connectivity index (χ4n) is 1.29. The molecule has 0 saturated heterocycles. The second-order valence-corrected chi connectivity index (χ2v) is 4.39. The van der Waals surface area contributed by atoms with E-state index in [-0.39, 0.29) is 5.91 Å². The number of nitrogens with zero attached hydrogens (tertiary/aromatic N) is 1. The molecule has 0 aliphatic carbocycles. The molecule has 0 spiro atoms. The van der Waals surface area contributed by atoms with Crippen LogP contribution in [0.4, 0.5) is 5.69 Å². The highest BCUT2D eigenvalue weighted by Gasteiger charge is 2.11. The van der Waals surface area contributed by atoms with E-state index in [2.05, 4.69) is 10.3 Å². The van der Waals surface area contributed by atoms with Crippen molar-refractivity contribution >= 4 is 34.5 Å². The summed E-state index contributed by atoms with van der Waals surface area (Å²) >= 11 is 7.38. The number of hydrogen-bond donors (Lipinski definition) is 1. The molecule has 1 heterocycles. The largest absolute Gasteiger partial charge is 0.319 e. The van der Waals surface area contributed by atoms with Crippen LogP contribution in [0.25, 0.3) is 0 Å². The maximum absolute atomic E-state index is 11.8. The van der Waals surface area contributed by atoms with E-state index in [0.29, 0.717) is 16.4 Å². The average molecular weight is 253 g/mol. The van der Waals surface area contributed by atoms with Crippen LogP contribution in [-0.2, 0) is 0 Å². The van der Waals surface area contributed by atoms with Crippen molar-refractivity contribution in [1.29, 1.82) is 0 Å². The van der Waals surface area contributed by atoms with Crippen LogP contribution in [0.15, 0.2) is 29.1 Å². The van der Waals surface area contributed by atoms with E-state index in [4.69, 9.17) is 11.6 Å². The number of benzene rings is 1. The van der Waals surface area contributed by atoms with Crippen molar-refractivity contribution in [2.24, 2.45) is 0 Å². The summed E-state index contributed by atoms with van der Waals surface area (Å²) in [6.07, 6.45) is 0. The van der Waals surface area contributed by atoms with E-state index in [1.807, 2.05) is 19.1 Å². The van der Waals surface area contributed by atoms with Crippen molar-refractivity contribution in [2.75, 3.05) is 5.32 Å². The smallest absolute Gasteiger partial charge is 0.275 e. The lowest BCUT2D eigenvalue weighted by atomic mass is 10.2. The molecule has 0 aliphatic rings. The Bertz CT molecular complexity index is 490. The monoisotopic (exact) mass is 252 g/mol. The van der Waals surface area contributed by atoms with Gasteiger partial charge >= 0.3 is 0 Å². The molecule has 5 heteroatoms. The summed E-state index contributed by atoms with van der Waals surface area (Å²) in [6, 6.07) is 5.48. The number of thiazole rings is 1. The summed E-state index contributed by atoms with van der Waals surface area (Å²) in [6.45, 7) is 1.89. The van der Waals surface area contributed by atoms with Gasteiger partial charge in [-0.25, -0.2) is 4.98 Å². The number of para-hydroxylation sites is 1. The van der Waals surface area contributed by atoms with Crippen LogP contribution in [0, 0.1) is 6.92 Å². The fraction of sp³-hybridized carbons (Fsp3) is 0.0909. The number of hydrogen-bond acceptors (Lipinski definition) is 3. The molecular formula is C11H9ClN2OS. The van der Waals surface area contributed by atoms with Gasteiger partial charge in [0.25, 0.3) is 5.91 Å². The Hall–Kier alpha value is -1.39. The first-order valence-corrected chi connectivity index (χ1v) is 5.95. The quantitative estimate of drug-likeness (QED) is 0.891. The zero-order valence-electron chi connectivity index (χ0n) is 8.53. The van der Waals surface area contributed by atoms with Gasteiger partial charge in [0.2, 0.25) is 0 Å². The summed E-state index contributed by atoms with van der Waals surface area (Å²) in [4.78, 5) is 15.7. The highest BCUT2D eigenvalue weighted by atomic mass is 35.5. The van der Waals surface area contributed by atoms with Gasteiger partial charge in [-0.15, -0.1) is 11.3 Å². The summed E-state index contributed by atoms with van der Waals surface area (Å²) in [5, 5.41) is 4.98. The summed E-state index contributed by atoms with van der Waals surface area (Å²) < 4.78 is 0. The van der Waals surface area contributed by atoms with Crippen LogP contribution in [0.5, 0.6) is 0 Å². The standard InChI is InChI=1S/C11H9ClN2OS/c1-7-3-2-4-8(12)10(7)14-11(15)9-5-16-6-13-9/h2-6H,1H3,(H,14,15). The van der Waals surface area contributed by atoms with Crippen LogP contribution in [0.2, 0.25) is 5.02 Å². The van der Waals surface area contributed by atoms with Crippen LogP contribution < -0.4 is 5.32 Å². The van der Waals surface area contributed by atoms with Crippen LogP contribution in [0.3, 0.4) is 0 Å². The molecule has 1 aromatic carbocycles. The molecule has 3 nitrogen and oxygen atoms in total. The Morgan fingerprint density at radius 2 is 2.31 bits per heavy atom. The average Bonchev–Trinajstić information content (AvgIpc) is 2.76. The fourth-order valence-corrected chi connectivity index (χ4v) is 2.09. The first-order chi connectivity index (χ1) is 7.68. The third-order valence-corrected chi connectivity index (χ3v) is 3.03. The van der Waals surface area contributed by atoms with Gasteiger partial charge in [0.15, 0.2) is 0 Å². The second kappa shape index (κ2) is 4.63. The van der Waals surface area contributed by atoms with Gasteiger partial charge < -0.3 is 5.32 Å². The van der Waals surface area contributed by atoms with Crippen molar-refractivity contribution in [3.8, 4) is 0 Å². The van der Waals surface area contributed by atoms with E-state index in [0.717, 1.165) is 5.56 Å². The van der Waals surface area contributed by atoms with Gasteiger partial charge in [-0.1, -0.05) is 23.7 Å². The molecule has 16 heavy (non-hydrogen) atoms. The number of halogens is 1. The minimum Gasteiger partial charge on any atom is -0.319 e. The number of nitrogens with one attached hydrogen (secondary N) is 1. The van der Waals surface area contributed by atoms with Crippen molar-refractivity contribution in [3.63, 3.8) is 0 Å². The van der Waals surface area contributed by atoms with Gasteiger partial charge in [-0.2, -0.15) is 0 Å². The molecule has 1 amide bonds. The van der Waals surface area contributed by atoms with Crippen LogP contribution >= 0.6 is 22.9 Å². The lowest BCUT2D eigenvalue weighted by Gasteiger charge is -2.08. The van der Waals surface area contributed by atoms with Crippen molar-refractivity contribution < 1.29 is 4.79 Å². The normalized spacial score (nSPS) is 10.1. The number of rotatable bonds is 2. The van der Waals surface area contributed by atoms with E-state index in [9.17, 15) is 4.79 Å². The second-order valence-electron chi connectivity index (χ2n) is 3.26. The summed E-state index contributed by atoms with van der Waals surface area (Å²) in [5.41, 5.74) is 3.59. The molecule has 0 saturated carbocycles. The lowest BCUT2D eigenvalue weighted by molar-refractivity contribution is 0.102. The number of aryl methyl sites for hydroxylation is 1. The zero-order chi connectivity index (χ0) is 11.5. The Kier molecular flexibility index (Phi) is 3.22. The third-order valence-electron chi connectivity index (χ3n) is 2.13. The Balaban J connectivity index is 2.25. The maximum Gasteiger partial charge on any atom is 0.275 e. The Morgan fingerprint density at radius 1 is 1.50 bits per heavy atom. The minimum absolute atomic E-state index is 0.238. The van der Waals surface area contributed by atoms with Gasteiger partial charge in [0, 0.05) is 5.38 Å². The maximum atomic E-state index is 11.8. The predicted octanol–water partition coefficient (Wildman–Crippen LogP) is 3.36. The number of aromatic nitrogens is 1. The number of anilines is 1. The summed E-state index contributed by atoms with van der Waals surface area (Å²) in [7, 11) is 0. The molecule has 0 radical (unpaired) electrons. The Labute approximate surface area is 102 Å². The highest BCUT2D eigenvalue weighted by molar-refractivity contribution is 7.07. The minimum atomic E-state index is -0.238. The molecule has 0 bridgehead atoms. The molecule has 2 rings (SSSR count). The zero-order valence-corrected chi connectivity index (χ0v) is 10.1. The Morgan fingerprint density at radius 3 is 2.94 bits per heavy atom. The molecule has 0 fully saturated rings. The van der Waals surface area contributed by atoms with Crippen molar-refractivity contribution in [1.82, 2.24) is 4.98 Å². The first kappa shape index (κ1) is 11.1. The molecule has 2 aromatic rings. The molecule has 82 valence electrons. The number of carbonyl (C=O) groups excluding carboxylic acids is 1. The first-order valence-electron chi connectivity index (χ1n) is 4.63. The van der Waals surface area contributed by atoms with E-state index >= 15 is 0 Å². The van der Waals surface area contributed by atoms with E-state index in [1.54, 1.807) is 17.0 Å². The third kappa shape index (κ3) is 2.23. The van der Waals surface area contributed by atoms with Crippen molar-refractivity contribution in [3.05, 3.63) is 45.4 Å². The molecule has 0 atom stereocenters. The number of amides is 1. The molecule has 1 aromatic heterocycles. The SMILES string of the molecule is Cc1cccc(Cl)c1NC(=O)c1cscn1. The number of carbonyl (C=O) groups is 1. The van der Waals surface area contributed by atoms with Gasteiger partial charge in [-0.3, -0.25) is 4.79 Å².